The standard InChI is InChI=1S/C17H26N6/c1-4-14-9-7-8-10-15(14)11-19-17(18-5-2)20-12-16-22-21-13-23(16)6-3/h7-10,13H,4-6,11-12H2,1-3H3,(H2,18,19,20). The average molecular weight is 314 g/mol. The predicted octanol–water partition coefficient (Wildman–Crippen LogP) is 2.12. The number of nitrogens with one attached hydrogen (secondary N) is 2. The van der Waals surface area contributed by atoms with E-state index in [9.17, 15) is 0 Å². The smallest absolute Gasteiger partial charge is 0.191 e. The number of guanidine groups is 1. The topological polar surface area (TPSA) is 67.1 Å². The van der Waals surface area contributed by atoms with Crippen LogP contribution < -0.4 is 10.6 Å². The van der Waals surface area contributed by atoms with Gasteiger partial charge < -0.3 is 15.2 Å². The van der Waals surface area contributed by atoms with Crippen LogP contribution >= 0.6 is 0 Å². The summed E-state index contributed by atoms with van der Waals surface area (Å²) in [4.78, 5) is 4.68. The number of aliphatic imine (C=N–C) groups is 1. The molecule has 0 saturated carbocycles. The summed E-state index contributed by atoms with van der Waals surface area (Å²) in [6.07, 6.45) is 2.77. The maximum atomic E-state index is 4.68. The van der Waals surface area contributed by atoms with Crippen molar-refractivity contribution in [3.8, 4) is 0 Å². The lowest BCUT2D eigenvalue weighted by molar-refractivity contribution is 0.670. The van der Waals surface area contributed by atoms with Gasteiger partial charge in [-0.2, -0.15) is 0 Å². The maximum absolute atomic E-state index is 4.68. The van der Waals surface area contributed by atoms with E-state index >= 15 is 0 Å². The molecule has 2 aromatic rings. The molecule has 0 amide bonds. The molecule has 1 aromatic heterocycles. The van der Waals surface area contributed by atoms with Crippen molar-refractivity contribution in [2.75, 3.05) is 6.54 Å². The number of aromatic nitrogens is 3. The first-order valence-corrected chi connectivity index (χ1v) is 8.24. The summed E-state index contributed by atoms with van der Waals surface area (Å²) in [5.41, 5.74) is 2.61. The van der Waals surface area contributed by atoms with Crippen LogP contribution in [0.4, 0.5) is 0 Å². The van der Waals surface area contributed by atoms with E-state index in [-0.39, 0.29) is 0 Å². The number of hydrogen-bond donors (Lipinski definition) is 2. The Hall–Kier alpha value is -2.37. The van der Waals surface area contributed by atoms with Gasteiger partial charge in [0.05, 0.1) is 13.1 Å². The van der Waals surface area contributed by atoms with Crippen molar-refractivity contribution in [2.24, 2.45) is 4.99 Å². The molecular formula is C17H26N6. The highest BCUT2D eigenvalue weighted by atomic mass is 15.3. The molecule has 0 fully saturated rings. The largest absolute Gasteiger partial charge is 0.357 e. The van der Waals surface area contributed by atoms with Crippen molar-refractivity contribution < 1.29 is 0 Å². The van der Waals surface area contributed by atoms with E-state index < -0.39 is 0 Å². The van der Waals surface area contributed by atoms with Crippen molar-refractivity contribution in [2.45, 2.75) is 46.8 Å². The Balaban J connectivity index is 2.02. The van der Waals surface area contributed by atoms with E-state index in [1.54, 1.807) is 6.33 Å². The molecule has 0 atom stereocenters. The Morgan fingerprint density at radius 3 is 2.61 bits per heavy atom. The summed E-state index contributed by atoms with van der Waals surface area (Å²) >= 11 is 0. The number of rotatable bonds is 7. The Morgan fingerprint density at radius 1 is 1.13 bits per heavy atom. The molecule has 0 aliphatic rings. The van der Waals surface area contributed by atoms with E-state index in [0.29, 0.717) is 13.1 Å². The fourth-order valence-electron chi connectivity index (χ4n) is 2.41. The number of hydrogen-bond acceptors (Lipinski definition) is 3. The highest BCUT2D eigenvalue weighted by Gasteiger charge is 2.05. The van der Waals surface area contributed by atoms with Gasteiger partial charge in [-0.1, -0.05) is 31.2 Å². The lowest BCUT2D eigenvalue weighted by Gasteiger charge is -2.12. The van der Waals surface area contributed by atoms with Gasteiger partial charge >= 0.3 is 0 Å². The van der Waals surface area contributed by atoms with Crippen LogP contribution in [0.1, 0.15) is 37.7 Å². The first-order chi connectivity index (χ1) is 11.3. The van der Waals surface area contributed by atoms with Crippen LogP contribution in [0.25, 0.3) is 0 Å². The SMILES string of the molecule is CCNC(=NCc1ccccc1CC)NCc1nncn1CC. The molecule has 0 bridgehead atoms. The summed E-state index contributed by atoms with van der Waals surface area (Å²) in [5, 5.41) is 14.7. The van der Waals surface area contributed by atoms with Crippen LogP contribution in [-0.2, 0) is 26.1 Å². The molecule has 124 valence electrons. The minimum atomic E-state index is 0.606. The second kappa shape index (κ2) is 8.92. The van der Waals surface area contributed by atoms with E-state index in [1.807, 2.05) is 4.57 Å². The highest BCUT2D eigenvalue weighted by molar-refractivity contribution is 5.79. The summed E-state index contributed by atoms with van der Waals surface area (Å²) in [6, 6.07) is 8.44. The van der Waals surface area contributed by atoms with Crippen molar-refractivity contribution in [1.82, 2.24) is 25.4 Å². The Bertz CT molecular complexity index is 632. The quantitative estimate of drug-likeness (QED) is 0.607. The van der Waals surface area contributed by atoms with Gasteiger partial charge in [0.2, 0.25) is 0 Å². The highest BCUT2D eigenvalue weighted by Crippen LogP contribution is 2.10. The fraction of sp³-hybridized carbons (Fsp3) is 0.471. The molecule has 6 nitrogen and oxygen atoms in total. The normalized spacial score (nSPS) is 11.5. The van der Waals surface area contributed by atoms with Crippen LogP contribution in [0.15, 0.2) is 35.6 Å². The maximum Gasteiger partial charge on any atom is 0.191 e. The number of benzene rings is 1. The third-order valence-electron chi connectivity index (χ3n) is 3.70. The third kappa shape index (κ3) is 4.81. The zero-order valence-corrected chi connectivity index (χ0v) is 14.2. The molecular weight excluding hydrogens is 288 g/mol. The molecule has 0 aliphatic carbocycles. The zero-order valence-electron chi connectivity index (χ0n) is 14.2. The van der Waals surface area contributed by atoms with Crippen molar-refractivity contribution in [1.29, 1.82) is 0 Å². The number of nitrogens with zero attached hydrogens (tertiary/aromatic N) is 4. The van der Waals surface area contributed by atoms with Crippen molar-refractivity contribution in [3.05, 3.63) is 47.5 Å². The summed E-state index contributed by atoms with van der Waals surface area (Å²) in [5.74, 6) is 1.70. The molecule has 6 heteroatoms. The van der Waals surface area contributed by atoms with E-state index in [4.69, 9.17) is 0 Å². The Labute approximate surface area is 138 Å². The summed E-state index contributed by atoms with van der Waals surface area (Å²) in [7, 11) is 0. The number of aryl methyl sites for hydroxylation is 2. The van der Waals surface area contributed by atoms with Gasteiger partial charge in [0, 0.05) is 13.1 Å². The average Bonchev–Trinajstić information content (AvgIpc) is 3.05. The van der Waals surface area contributed by atoms with Gasteiger partial charge in [0.1, 0.15) is 6.33 Å². The first-order valence-electron chi connectivity index (χ1n) is 8.24. The van der Waals surface area contributed by atoms with Crippen LogP contribution in [-0.4, -0.2) is 27.3 Å². The van der Waals surface area contributed by atoms with E-state index in [1.165, 1.54) is 11.1 Å². The summed E-state index contributed by atoms with van der Waals surface area (Å²) in [6.45, 7) is 9.27. The van der Waals surface area contributed by atoms with Crippen LogP contribution in [0.2, 0.25) is 0 Å². The van der Waals surface area contributed by atoms with Crippen molar-refractivity contribution >= 4 is 5.96 Å². The lowest BCUT2D eigenvalue weighted by atomic mass is 10.1. The minimum absolute atomic E-state index is 0.606. The monoisotopic (exact) mass is 314 g/mol. The second-order valence-corrected chi connectivity index (χ2v) is 5.20. The van der Waals surface area contributed by atoms with E-state index in [2.05, 4.69) is 70.9 Å². The minimum Gasteiger partial charge on any atom is -0.357 e. The molecule has 0 spiro atoms. The zero-order chi connectivity index (χ0) is 16.5. The molecule has 2 N–H and O–H groups in total. The van der Waals surface area contributed by atoms with Gasteiger partial charge in [-0.3, -0.25) is 0 Å². The van der Waals surface area contributed by atoms with Crippen LogP contribution in [0.3, 0.4) is 0 Å². The summed E-state index contributed by atoms with van der Waals surface area (Å²) < 4.78 is 2.02. The van der Waals surface area contributed by atoms with Crippen LogP contribution in [0, 0.1) is 0 Å². The molecule has 2 rings (SSSR count). The van der Waals surface area contributed by atoms with Crippen molar-refractivity contribution in [3.63, 3.8) is 0 Å². The molecule has 0 unspecified atom stereocenters. The van der Waals surface area contributed by atoms with Gasteiger partial charge in [-0.25, -0.2) is 4.99 Å². The predicted molar refractivity (Wildman–Crippen MR) is 93.2 cm³/mol. The van der Waals surface area contributed by atoms with Crippen LogP contribution in [0.5, 0.6) is 0 Å². The molecule has 0 radical (unpaired) electrons. The van der Waals surface area contributed by atoms with Gasteiger partial charge in [-0.15, -0.1) is 10.2 Å². The molecule has 1 heterocycles. The van der Waals surface area contributed by atoms with Gasteiger partial charge in [0.15, 0.2) is 11.8 Å². The van der Waals surface area contributed by atoms with E-state index in [0.717, 1.165) is 31.3 Å². The first kappa shape index (κ1) is 17.0. The Morgan fingerprint density at radius 2 is 1.91 bits per heavy atom. The molecule has 0 aliphatic heterocycles. The van der Waals surface area contributed by atoms with Gasteiger partial charge in [0.25, 0.3) is 0 Å². The molecule has 0 saturated heterocycles. The second-order valence-electron chi connectivity index (χ2n) is 5.20. The molecule has 1 aromatic carbocycles. The Kier molecular flexibility index (Phi) is 6.59. The molecule has 23 heavy (non-hydrogen) atoms. The van der Waals surface area contributed by atoms with Gasteiger partial charge in [-0.05, 0) is 31.4 Å². The third-order valence-corrected chi connectivity index (χ3v) is 3.70. The lowest BCUT2D eigenvalue weighted by Crippen LogP contribution is -2.37. The fourth-order valence-corrected chi connectivity index (χ4v) is 2.41.